The number of halogens is 2. The molecule has 0 N–H and O–H groups in total. The van der Waals surface area contributed by atoms with Crippen molar-refractivity contribution >= 4 is 0 Å². The Balaban J connectivity index is 0. The van der Waals surface area contributed by atoms with Crippen LogP contribution in [0.4, 0.5) is 0 Å². The molecule has 0 saturated heterocycles. The summed E-state index contributed by atoms with van der Waals surface area (Å²) in [5.41, 5.74) is 0. The van der Waals surface area contributed by atoms with Gasteiger partial charge in [-0.15, -0.1) is 0 Å². The van der Waals surface area contributed by atoms with Crippen molar-refractivity contribution in [2.24, 2.45) is 0 Å². The van der Waals surface area contributed by atoms with E-state index >= 15 is 0 Å². The molecule has 16 valence electrons. The summed E-state index contributed by atoms with van der Waals surface area (Å²) >= 11 is 0. The van der Waals surface area contributed by atoms with E-state index in [4.69, 9.17) is 0 Å². The number of hydrogen-bond donors (Lipinski definition) is 0. The van der Waals surface area contributed by atoms with E-state index in [0.717, 1.165) is 0 Å². The zero-order valence-electron chi connectivity index (χ0n) is 2.46. The maximum atomic E-state index is 0. The SMILES string of the molecule is [Cl-].[Cl-].[K+].[Zn+2]. The normalized spacial score (nSPS) is 0. The third-order valence-corrected chi connectivity index (χ3v) is 0. The zero-order chi connectivity index (χ0) is 0. The first-order chi connectivity index (χ1) is 0. The minimum absolute atomic E-state index is 0. The van der Waals surface area contributed by atoms with Gasteiger partial charge in [0.1, 0.15) is 0 Å². The summed E-state index contributed by atoms with van der Waals surface area (Å²) in [6.07, 6.45) is 0. The topological polar surface area (TPSA) is 0 Å². The third-order valence-electron chi connectivity index (χ3n) is 0. The van der Waals surface area contributed by atoms with Crippen molar-refractivity contribution in [3.63, 3.8) is 0 Å². The standard InChI is InChI=1S/2ClH.K.Zn/h2*1H;;/q;;+1;+2/p-2. The van der Waals surface area contributed by atoms with Gasteiger partial charge < -0.3 is 24.8 Å². The molecular weight excluding hydrogens is 175 g/mol. The summed E-state index contributed by atoms with van der Waals surface area (Å²) in [7, 11) is 0. The van der Waals surface area contributed by atoms with Crippen LogP contribution in [0.25, 0.3) is 0 Å². The van der Waals surface area contributed by atoms with E-state index in [0.29, 0.717) is 0 Å². The molecule has 0 saturated carbocycles. The summed E-state index contributed by atoms with van der Waals surface area (Å²) in [6.45, 7) is 0. The Hall–Kier alpha value is 2.84. The van der Waals surface area contributed by atoms with Crippen molar-refractivity contribution < 1.29 is 95.7 Å². The third kappa shape index (κ3) is 8.85. The van der Waals surface area contributed by atoms with E-state index in [1.165, 1.54) is 0 Å². The summed E-state index contributed by atoms with van der Waals surface area (Å²) in [5.74, 6) is 0. The van der Waals surface area contributed by atoms with Gasteiger partial charge in [-0.2, -0.15) is 0 Å². The zero-order valence-corrected chi connectivity index (χ0v) is 10.1. The predicted molar refractivity (Wildman–Crippen MR) is 0 cm³/mol. The van der Waals surface area contributed by atoms with Gasteiger partial charge in [0.05, 0.1) is 0 Å². The minimum atomic E-state index is 0. The van der Waals surface area contributed by atoms with Gasteiger partial charge in [-0.05, 0) is 0 Å². The first-order valence-corrected chi connectivity index (χ1v) is 0. The van der Waals surface area contributed by atoms with Crippen molar-refractivity contribution in [2.75, 3.05) is 0 Å². The molecule has 0 atom stereocenters. The Morgan fingerprint density at radius 3 is 0.750 bits per heavy atom. The van der Waals surface area contributed by atoms with E-state index < -0.39 is 0 Å². The molecule has 0 aromatic heterocycles. The molecular formula is Cl2KZn+. The molecule has 0 radical (unpaired) electrons. The van der Waals surface area contributed by atoms with E-state index in [1.807, 2.05) is 0 Å². The van der Waals surface area contributed by atoms with Crippen LogP contribution in [0.15, 0.2) is 0 Å². The Morgan fingerprint density at radius 2 is 0.750 bits per heavy atom. The number of rotatable bonds is 0. The van der Waals surface area contributed by atoms with Crippen LogP contribution in [-0.4, -0.2) is 0 Å². The fourth-order valence-electron chi connectivity index (χ4n) is 0. The molecule has 0 amide bonds. The van der Waals surface area contributed by atoms with Crippen LogP contribution in [0.1, 0.15) is 0 Å². The fraction of sp³-hybridized carbons (Fsp3) is 0. The largest absolute Gasteiger partial charge is 2.00 e. The van der Waals surface area contributed by atoms with Crippen molar-refractivity contribution in [3.8, 4) is 0 Å². The second-order valence-corrected chi connectivity index (χ2v) is 0. The van der Waals surface area contributed by atoms with E-state index in [2.05, 4.69) is 0 Å². The van der Waals surface area contributed by atoms with Crippen molar-refractivity contribution in [2.45, 2.75) is 0 Å². The van der Waals surface area contributed by atoms with Crippen LogP contribution < -0.4 is 76.2 Å². The quantitative estimate of drug-likeness (QED) is 0.321. The van der Waals surface area contributed by atoms with Crippen molar-refractivity contribution in [1.82, 2.24) is 0 Å². The van der Waals surface area contributed by atoms with Crippen LogP contribution in [0, 0.1) is 0 Å². The van der Waals surface area contributed by atoms with Gasteiger partial charge in [-0.25, -0.2) is 0 Å². The summed E-state index contributed by atoms with van der Waals surface area (Å²) in [4.78, 5) is 0. The van der Waals surface area contributed by atoms with Gasteiger partial charge in [-0.1, -0.05) is 0 Å². The van der Waals surface area contributed by atoms with Crippen molar-refractivity contribution in [3.05, 3.63) is 0 Å². The molecule has 0 rings (SSSR count). The number of hydrogen-bond acceptors (Lipinski definition) is 0. The van der Waals surface area contributed by atoms with E-state index in [9.17, 15) is 0 Å². The fourth-order valence-corrected chi connectivity index (χ4v) is 0. The summed E-state index contributed by atoms with van der Waals surface area (Å²) < 4.78 is 0. The monoisotopic (exact) mass is 173 g/mol. The summed E-state index contributed by atoms with van der Waals surface area (Å²) in [5, 5.41) is 0. The maximum Gasteiger partial charge on any atom is 2.00 e. The predicted octanol–water partition coefficient (Wildman–Crippen LogP) is -8.99. The van der Waals surface area contributed by atoms with Crippen LogP contribution >= 0.6 is 0 Å². The molecule has 4 heteroatoms. The van der Waals surface area contributed by atoms with Crippen LogP contribution in [0.5, 0.6) is 0 Å². The summed E-state index contributed by atoms with van der Waals surface area (Å²) in [6, 6.07) is 0. The van der Waals surface area contributed by atoms with Crippen LogP contribution in [0.3, 0.4) is 0 Å². The molecule has 0 aliphatic heterocycles. The Labute approximate surface area is 93.5 Å². The molecule has 0 bridgehead atoms. The molecule has 0 heterocycles. The van der Waals surface area contributed by atoms with Gasteiger partial charge >= 0.3 is 70.9 Å². The average Bonchev–Trinajstić information content (AvgIpc) is 0. The molecule has 0 aromatic rings. The first kappa shape index (κ1) is 28.9. The molecule has 0 unspecified atom stereocenters. The first-order valence-electron chi connectivity index (χ1n) is 0. The Kier molecular flexibility index (Phi) is 123. The van der Waals surface area contributed by atoms with Crippen LogP contribution in [0.2, 0.25) is 0 Å². The molecule has 0 aliphatic rings. The molecule has 0 fully saturated rings. The molecule has 0 nitrogen and oxygen atoms in total. The molecule has 0 aromatic carbocycles. The van der Waals surface area contributed by atoms with Gasteiger partial charge in [0, 0.05) is 0 Å². The van der Waals surface area contributed by atoms with E-state index in [-0.39, 0.29) is 95.7 Å². The van der Waals surface area contributed by atoms with Crippen LogP contribution in [-0.2, 0) is 19.5 Å². The second-order valence-electron chi connectivity index (χ2n) is 0. The smallest absolute Gasteiger partial charge is 1.00 e. The maximum absolute atomic E-state index is 0. The average molecular weight is 175 g/mol. The molecule has 0 aliphatic carbocycles. The van der Waals surface area contributed by atoms with E-state index in [1.54, 1.807) is 0 Å². The Morgan fingerprint density at radius 1 is 0.750 bits per heavy atom. The Bertz CT molecular complexity index is 6.00. The van der Waals surface area contributed by atoms with Gasteiger partial charge in [-0.3, -0.25) is 0 Å². The van der Waals surface area contributed by atoms with Gasteiger partial charge in [0.25, 0.3) is 0 Å². The van der Waals surface area contributed by atoms with Crippen molar-refractivity contribution in [1.29, 1.82) is 0 Å². The molecule has 4 heavy (non-hydrogen) atoms. The minimum Gasteiger partial charge on any atom is -1.00 e. The second kappa shape index (κ2) is 17.0. The molecule has 0 spiro atoms. The van der Waals surface area contributed by atoms with Gasteiger partial charge in [0.15, 0.2) is 0 Å². The van der Waals surface area contributed by atoms with Gasteiger partial charge in [0.2, 0.25) is 0 Å².